The highest BCUT2D eigenvalue weighted by atomic mass is 16.2. The maximum Gasteiger partial charge on any atom is 0.259 e. The van der Waals surface area contributed by atoms with Crippen molar-refractivity contribution >= 4 is 41.1 Å². The van der Waals surface area contributed by atoms with Crippen LogP contribution in [0.15, 0.2) is 42.7 Å². The lowest BCUT2D eigenvalue weighted by atomic mass is 9.97. The maximum atomic E-state index is 13.4. The minimum atomic E-state index is -0.752. The van der Waals surface area contributed by atoms with Crippen molar-refractivity contribution in [2.75, 3.05) is 18.0 Å². The van der Waals surface area contributed by atoms with Crippen molar-refractivity contribution in [2.24, 2.45) is 0 Å². The summed E-state index contributed by atoms with van der Waals surface area (Å²) in [5, 5.41) is 8.63. The molecule has 3 heterocycles. The molecule has 1 saturated heterocycles. The van der Waals surface area contributed by atoms with E-state index in [2.05, 4.69) is 16.6 Å². The van der Waals surface area contributed by atoms with Crippen LogP contribution in [-0.4, -0.2) is 58.4 Å². The standard InChI is InChI=1S/C27H29N5O4/c1-2-4-24(26(35)28-16-33)32-23-8-7-19(21-5-3-6-22(25(21)23)27(32)36)13-18-14-29-31(15-18)20-9-11-30(17-34)12-10-20/h3,5-8,14-17,20,24H,2,4,9-13H2,1H3,(H,28,33,35). The van der Waals surface area contributed by atoms with Crippen LogP contribution in [-0.2, 0) is 20.8 Å². The second-order valence-electron chi connectivity index (χ2n) is 9.46. The van der Waals surface area contributed by atoms with Gasteiger partial charge in [-0.1, -0.05) is 31.5 Å². The van der Waals surface area contributed by atoms with Gasteiger partial charge in [0.2, 0.25) is 18.7 Å². The number of nitrogens with zero attached hydrogens (tertiary/aromatic N) is 4. The van der Waals surface area contributed by atoms with Crippen molar-refractivity contribution in [2.45, 2.75) is 51.1 Å². The van der Waals surface area contributed by atoms with Crippen LogP contribution in [0.1, 0.15) is 60.1 Å². The van der Waals surface area contributed by atoms with Gasteiger partial charge in [-0.05, 0) is 47.9 Å². The molecular weight excluding hydrogens is 458 g/mol. The highest BCUT2D eigenvalue weighted by Crippen LogP contribution is 2.41. The van der Waals surface area contributed by atoms with E-state index >= 15 is 0 Å². The van der Waals surface area contributed by atoms with Crippen LogP contribution >= 0.6 is 0 Å². The first-order valence-corrected chi connectivity index (χ1v) is 12.4. The van der Waals surface area contributed by atoms with Gasteiger partial charge in [-0.25, -0.2) is 0 Å². The lowest BCUT2D eigenvalue weighted by Crippen LogP contribution is -2.48. The first-order chi connectivity index (χ1) is 17.5. The highest BCUT2D eigenvalue weighted by molar-refractivity contribution is 6.27. The Morgan fingerprint density at radius 3 is 2.72 bits per heavy atom. The molecule has 1 aromatic heterocycles. The van der Waals surface area contributed by atoms with E-state index in [1.807, 2.05) is 42.1 Å². The number of imide groups is 1. The van der Waals surface area contributed by atoms with E-state index in [4.69, 9.17) is 0 Å². The quantitative estimate of drug-likeness (QED) is 0.468. The Morgan fingerprint density at radius 2 is 2.00 bits per heavy atom. The number of amides is 4. The summed E-state index contributed by atoms with van der Waals surface area (Å²) < 4.78 is 2.00. The number of rotatable bonds is 9. The second-order valence-corrected chi connectivity index (χ2v) is 9.46. The van der Waals surface area contributed by atoms with Crippen LogP contribution in [0.2, 0.25) is 0 Å². The zero-order valence-electron chi connectivity index (χ0n) is 20.2. The third-order valence-corrected chi connectivity index (χ3v) is 7.27. The zero-order chi connectivity index (χ0) is 25.2. The van der Waals surface area contributed by atoms with Crippen molar-refractivity contribution in [1.29, 1.82) is 0 Å². The van der Waals surface area contributed by atoms with Gasteiger partial charge >= 0.3 is 0 Å². The van der Waals surface area contributed by atoms with E-state index in [-0.39, 0.29) is 11.9 Å². The van der Waals surface area contributed by atoms with Crippen LogP contribution in [0.3, 0.4) is 0 Å². The van der Waals surface area contributed by atoms with E-state index in [0.29, 0.717) is 36.9 Å². The Balaban J connectivity index is 1.44. The lowest BCUT2D eigenvalue weighted by Gasteiger charge is -2.29. The van der Waals surface area contributed by atoms with Gasteiger partial charge < -0.3 is 4.90 Å². The topological polar surface area (TPSA) is 105 Å². The molecule has 0 spiro atoms. The number of hydrogen-bond acceptors (Lipinski definition) is 5. The number of hydrogen-bond donors (Lipinski definition) is 1. The Bertz CT molecular complexity index is 1320. The molecule has 186 valence electrons. The van der Waals surface area contributed by atoms with Crippen LogP contribution in [0.25, 0.3) is 10.8 Å². The molecule has 36 heavy (non-hydrogen) atoms. The van der Waals surface area contributed by atoms with Crippen molar-refractivity contribution in [1.82, 2.24) is 20.0 Å². The minimum Gasteiger partial charge on any atom is -0.345 e. The van der Waals surface area contributed by atoms with Gasteiger partial charge in [-0.2, -0.15) is 5.10 Å². The van der Waals surface area contributed by atoms with Crippen molar-refractivity contribution in [3.05, 3.63) is 59.4 Å². The van der Waals surface area contributed by atoms with Gasteiger partial charge in [0, 0.05) is 36.7 Å². The van der Waals surface area contributed by atoms with Gasteiger partial charge in [-0.3, -0.25) is 34.1 Å². The number of benzene rings is 2. The van der Waals surface area contributed by atoms with E-state index in [1.165, 1.54) is 4.90 Å². The molecule has 1 unspecified atom stereocenters. The molecule has 2 aliphatic heterocycles. The van der Waals surface area contributed by atoms with E-state index in [0.717, 1.165) is 54.2 Å². The normalized spacial score (nSPS) is 16.4. The maximum absolute atomic E-state index is 13.4. The van der Waals surface area contributed by atoms with Gasteiger partial charge in [-0.15, -0.1) is 0 Å². The Kier molecular flexibility index (Phi) is 6.54. The number of carbonyl (C=O) groups is 4. The molecule has 5 rings (SSSR count). The van der Waals surface area contributed by atoms with Gasteiger partial charge in [0.15, 0.2) is 0 Å². The van der Waals surface area contributed by atoms with Crippen LogP contribution in [0.5, 0.6) is 0 Å². The summed E-state index contributed by atoms with van der Waals surface area (Å²) in [7, 11) is 0. The van der Waals surface area contributed by atoms with Crippen LogP contribution in [0.4, 0.5) is 5.69 Å². The summed E-state index contributed by atoms with van der Waals surface area (Å²) in [6.07, 6.45) is 8.80. The second kappa shape index (κ2) is 9.93. The fourth-order valence-electron chi connectivity index (χ4n) is 5.48. The molecule has 4 amide bonds. The zero-order valence-corrected chi connectivity index (χ0v) is 20.2. The van der Waals surface area contributed by atoms with E-state index in [1.54, 1.807) is 11.0 Å². The van der Waals surface area contributed by atoms with Crippen molar-refractivity contribution < 1.29 is 19.2 Å². The van der Waals surface area contributed by atoms with Crippen molar-refractivity contribution in [3.8, 4) is 0 Å². The average molecular weight is 488 g/mol. The van der Waals surface area contributed by atoms with Gasteiger partial charge in [0.1, 0.15) is 6.04 Å². The molecule has 9 heteroatoms. The molecule has 0 bridgehead atoms. The number of anilines is 1. The number of piperidine rings is 1. The van der Waals surface area contributed by atoms with E-state index in [9.17, 15) is 19.2 Å². The number of nitrogens with one attached hydrogen (secondary N) is 1. The minimum absolute atomic E-state index is 0.221. The Labute approximate surface area is 209 Å². The summed E-state index contributed by atoms with van der Waals surface area (Å²) in [5.74, 6) is -0.696. The average Bonchev–Trinajstić information content (AvgIpc) is 3.48. The molecule has 3 aromatic rings. The summed E-state index contributed by atoms with van der Waals surface area (Å²) in [6, 6.07) is 9.11. The SMILES string of the molecule is CCCC(C(=O)NC=O)N1C(=O)c2cccc3c(Cc4cnn(C5CCN(C=O)CC5)c4)ccc1c23. The molecule has 0 radical (unpaired) electrons. The number of carbonyl (C=O) groups excluding carboxylic acids is 4. The van der Waals surface area contributed by atoms with Crippen LogP contribution in [0, 0.1) is 0 Å². The molecule has 9 nitrogen and oxygen atoms in total. The number of aromatic nitrogens is 2. The third kappa shape index (κ3) is 4.14. The summed E-state index contributed by atoms with van der Waals surface area (Å²) >= 11 is 0. The molecule has 2 aliphatic rings. The molecule has 1 fully saturated rings. The van der Waals surface area contributed by atoms with Crippen LogP contribution < -0.4 is 10.2 Å². The molecule has 0 saturated carbocycles. The third-order valence-electron chi connectivity index (χ3n) is 7.27. The number of likely N-dealkylation sites (tertiary alicyclic amines) is 1. The first-order valence-electron chi connectivity index (χ1n) is 12.4. The fourth-order valence-corrected chi connectivity index (χ4v) is 5.48. The van der Waals surface area contributed by atoms with Gasteiger partial charge in [0.05, 0.1) is 17.9 Å². The Morgan fingerprint density at radius 1 is 1.19 bits per heavy atom. The molecule has 0 aliphatic carbocycles. The van der Waals surface area contributed by atoms with E-state index < -0.39 is 11.9 Å². The summed E-state index contributed by atoms with van der Waals surface area (Å²) in [5.41, 5.74) is 3.42. The molecule has 1 N–H and O–H groups in total. The largest absolute Gasteiger partial charge is 0.345 e. The molecule has 1 atom stereocenters. The van der Waals surface area contributed by atoms with Crippen molar-refractivity contribution in [3.63, 3.8) is 0 Å². The van der Waals surface area contributed by atoms with Gasteiger partial charge in [0.25, 0.3) is 5.91 Å². The molecular formula is C27H29N5O4. The summed E-state index contributed by atoms with van der Waals surface area (Å²) in [4.78, 5) is 51.3. The summed E-state index contributed by atoms with van der Waals surface area (Å²) in [6.45, 7) is 3.43. The fraction of sp³-hybridized carbons (Fsp3) is 0.370. The molecule has 2 aromatic carbocycles. The Hall–Kier alpha value is -4.01. The predicted molar refractivity (Wildman–Crippen MR) is 135 cm³/mol. The highest BCUT2D eigenvalue weighted by Gasteiger charge is 2.38. The predicted octanol–water partition coefficient (Wildman–Crippen LogP) is 2.82. The lowest BCUT2D eigenvalue weighted by molar-refractivity contribution is -0.126. The first kappa shape index (κ1) is 23.7. The monoisotopic (exact) mass is 487 g/mol. The smallest absolute Gasteiger partial charge is 0.259 e.